The minimum Gasteiger partial charge on any atom is -0.324 e. The molecule has 9 heteroatoms. The number of anilines is 1. The first kappa shape index (κ1) is 22.0. The van der Waals surface area contributed by atoms with E-state index in [0.29, 0.717) is 40.1 Å². The molecule has 0 spiro atoms. The van der Waals surface area contributed by atoms with E-state index in [1.165, 1.54) is 4.31 Å². The zero-order valence-electron chi connectivity index (χ0n) is 15.7. The largest absolute Gasteiger partial charge is 0.324 e. The first-order chi connectivity index (χ1) is 13.7. The summed E-state index contributed by atoms with van der Waals surface area (Å²) in [7, 11) is -3.51. The van der Waals surface area contributed by atoms with Gasteiger partial charge in [0.05, 0.1) is 17.0 Å². The molecular weight excluding hydrogens is 480 g/mol. The van der Waals surface area contributed by atoms with Gasteiger partial charge in [0.25, 0.3) is 0 Å². The van der Waals surface area contributed by atoms with Gasteiger partial charge in [-0.15, -0.1) is 0 Å². The Hall–Kier alpha value is -1.74. The zero-order valence-corrected chi connectivity index (χ0v) is 18.9. The number of ketones is 1. The van der Waals surface area contributed by atoms with Crippen LogP contribution in [0, 0.1) is 0 Å². The number of benzene rings is 2. The quantitative estimate of drug-likeness (QED) is 0.628. The predicted molar refractivity (Wildman–Crippen MR) is 117 cm³/mol. The summed E-state index contributed by atoms with van der Waals surface area (Å²) in [6, 6.07) is 10.8. The molecule has 1 aliphatic heterocycles. The number of nitrogens with one attached hydrogen (secondary N) is 1. The van der Waals surface area contributed by atoms with Gasteiger partial charge in [0.2, 0.25) is 15.9 Å². The van der Waals surface area contributed by atoms with Gasteiger partial charge >= 0.3 is 0 Å². The van der Waals surface area contributed by atoms with E-state index in [2.05, 4.69) is 21.2 Å². The van der Waals surface area contributed by atoms with Crippen molar-refractivity contribution in [2.45, 2.75) is 25.3 Å². The molecule has 0 aromatic heterocycles. The second-order valence-electron chi connectivity index (χ2n) is 6.87. The standard InChI is InChI=1S/C20H20BrClN2O4S/c1-29(27,28)24-11-5-4-8-18(24)20(26)23-17-10-9-13(21)12-15(17)19(25)14-6-2-3-7-16(14)22/h2-3,6-7,9-10,12,18H,4-5,8,11H2,1H3,(H,23,26). The number of sulfonamides is 1. The van der Waals surface area contributed by atoms with Crippen molar-refractivity contribution in [1.82, 2.24) is 4.31 Å². The van der Waals surface area contributed by atoms with Crippen LogP contribution >= 0.6 is 27.5 Å². The third-order valence-corrected chi connectivity index (χ3v) is 6.90. The van der Waals surface area contributed by atoms with Crippen molar-refractivity contribution in [3.8, 4) is 0 Å². The van der Waals surface area contributed by atoms with Crippen molar-refractivity contribution in [3.05, 3.63) is 63.1 Å². The summed E-state index contributed by atoms with van der Waals surface area (Å²) >= 11 is 9.51. The fraction of sp³-hybridized carbons (Fsp3) is 0.300. The number of carbonyl (C=O) groups is 2. The first-order valence-electron chi connectivity index (χ1n) is 9.05. The highest BCUT2D eigenvalue weighted by Crippen LogP contribution is 2.28. The molecule has 0 bridgehead atoms. The van der Waals surface area contributed by atoms with Crippen LogP contribution in [0.2, 0.25) is 5.02 Å². The molecule has 1 aliphatic rings. The summed E-state index contributed by atoms with van der Waals surface area (Å²) in [6.45, 7) is 0.308. The molecule has 1 amide bonds. The summed E-state index contributed by atoms with van der Waals surface area (Å²) < 4.78 is 26.0. The lowest BCUT2D eigenvalue weighted by atomic mass is 10.0. The van der Waals surface area contributed by atoms with E-state index < -0.39 is 22.0 Å². The lowest BCUT2D eigenvalue weighted by molar-refractivity contribution is -0.120. The second-order valence-corrected chi connectivity index (χ2v) is 10.1. The molecule has 1 saturated heterocycles. The lowest BCUT2D eigenvalue weighted by Crippen LogP contribution is -2.49. The third-order valence-electron chi connectivity index (χ3n) is 4.78. The van der Waals surface area contributed by atoms with E-state index in [0.717, 1.165) is 12.7 Å². The smallest absolute Gasteiger partial charge is 0.242 e. The SMILES string of the molecule is CS(=O)(=O)N1CCCCC1C(=O)Nc1ccc(Br)cc1C(=O)c1ccccc1Cl. The molecule has 29 heavy (non-hydrogen) atoms. The minimum atomic E-state index is -3.51. The van der Waals surface area contributed by atoms with E-state index in [1.807, 2.05) is 0 Å². The van der Waals surface area contributed by atoms with Gasteiger partial charge in [-0.1, -0.05) is 46.1 Å². The van der Waals surface area contributed by atoms with Crippen LogP contribution in [0.25, 0.3) is 0 Å². The first-order valence-corrected chi connectivity index (χ1v) is 12.1. The molecule has 0 saturated carbocycles. The topological polar surface area (TPSA) is 83.6 Å². The van der Waals surface area contributed by atoms with Crippen molar-refractivity contribution < 1.29 is 18.0 Å². The van der Waals surface area contributed by atoms with Gasteiger partial charge in [-0.2, -0.15) is 4.31 Å². The molecule has 1 unspecified atom stereocenters. The Bertz CT molecular complexity index is 1060. The monoisotopic (exact) mass is 498 g/mol. The lowest BCUT2D eigenvalue weighted by Gasteiger charge is -2.32. The minimum absolute atomic E-state index is 0.266. The van der Waals surface area contributed by atoms with E-state index in [-0.39, 0.29) is 11.3 Å². The average Bonchev–Trinajstić information content (AvgIpc) is 2.68. The molecule has 1 heterocycles. The Kier molecular flexibility index (Phi) is 6.78. The second kappa shape index (κ2) is 8.95. The van der Waals surface area contributed by atoms with Crippen LogP contribution in [0.1, 0.15) is 35.2 Å². The van der Waals surface area contributed by atoms with Crippen molar-refractivity contribution >= 4 is 54.9 Å². The fourth-order valence-electron chi connectivity index (χ4n) is 3.38. The number of hydrogen-bond acceptors (Lipinski definition) is 4. The summed E-state index contributed by atoms with van der Waals surface area (Å²) in [6.07, 6.45) is 3.01. The van der Waals surface area contributed by atoms with Gasteiger partial charge in [-0.05, 0) is 43.2 Å². The van der Waals surface area contributed by atoms with Gasteiger partial charge in [0.15, 0.2) is 5.78 Å². The van der Waals surface area contributed by atoms with E-state index in [1.54, 1.807) is 42.5 Å². The van der Waals surface area contributed by atoms with Gasteiger partial charge < -0.3 is 5.32 Å². The third kappa shape index (κ3) is 5.06. The molecule has 2 aromatic carbocycles. The molecule has 1 fully saturated rings. The summed E-state index contributed by atoms with van der Waals surface area (Å²) in [4.78, 5) is 26.0. The fourth-order valence-corrected chi connectivity index (χ4v) is 5.09. The Balaban J connectivity index is 1.93. The molecule has 2 aromatic rings. The normalized spacial score (nSPS) is 17.7. The van der Waals surface area contributed by atoms with E-state index in [4.69, 9.17) is 11.6 Å². The van der Waals surface area contributed by atoms with Gasteiger partial charge in [0, 0.05) is 22.1 Å². The maximum absolute atomic E-state index is 13.1. The van der Waals surface area contributed by atoms with Crippen molar-refractivity contribution in [3.63, 3.8) is 0 Å². The maximum atomic E-state index is 13.1. The predicted octanol–water partition coefficient (Wildman–Crippen LogP) is 4.09. The highest BCUT2D eigenvalue weighted by atomic mass is 79.9. The molecule has 6 nitrogen and oxygen atoms in total. The van der Waals surface area contributed by atoms with Crippen LogP contribution in [0.4, 0.5) is 5.69 Å². The average molecular weight is 500 g/mol. The van der Waals surface area contributed by atoms with Crippen LogP contribution < -0.4 is 5.32 Å². The zero-order chi connectivity index (χ0) is 21.2. The molecular formula is C20H20BrClN2O4S. The van der Waals surface area contributed by atoms with Gasteiger partial charge in [-0.3, -0.25) is 9.59 Å². The summed E-state index contributed by atoms with van der Waals surface area (Å²) in [5, 5.41) is 3.06. The molecule has 3 rings (SSSR count). The molecule has 1 N–H and O–H groups in total. The highest BCUT2D eigenvalue weighted by Gasteiger charge is 2.34. The summed E-state index contributed by atoms with van der Waals surface area (Å²) in [5.41, 5.74) is 0.892. The van der Waals surface area contributed by atoms with Crippen molar-refractivity contribution in [1.29, 1.82) is 0 Å². The number of hydrogen-bond donors (Lipinski definition) is 1. The number of halogens is 2. The van der Waals surface area contributed by atoms with Crippen LogP contribution in [0.5, 0.6) is 0 Å². The molecule has 0 radical (unpaired) electrons. The van der Waals surface area contributed by atoms with E-state index in [9.17, 15) is 18.0 Å². The van der Waals surface area contributed by atoms with E-state index >= 15 is 0 Å². The Morgan fingerprint density at radius 1 is 1.14 bits per heavy atom. The number of carbonyl (C=O) groups excluding carboxylic acids is 2. The molecule has 154 valence electrons. The Morgan fingerprint density at radius 3 is 2.55 bits per heavy atom. The number of nitrogens with zero attached hydrogens (tertiary/aromatic N) is 1. The van der Waals surface area contributed by atoms with Crippen LogP contribution in [-0.4, -0.2) is 43.3 Å². The number of rotatable bonds is 5. The van der Waals surface area contributed by atoms with Crippen molar-refractivity contribution in [2.75, 3.05) is 18.1 Å². The Labute approximate surface area is 183 Å². The highest BCUT2D eigenvalue weighted by molar-refractivity contribution is 9.10. The van der Waals surface area contributed by atoms with Gasteiger partial charge in [0.1, 0.15) is 6.04 Å². The number of amides is 1. The maximum Gasteiger partial charge on any atom is 0.242 e. The van der Waals surface area contributed by atoms with Gasteiger partial charge in [-0.25, -0.2) is 8.42 Å². The molecule has 0 aliphatic carbocycles. The van der Waals surface area contributed by atoms with Crippen LogP contribution in [0.3, 0.4) is 0 Å². The van der Waals surface area contributed by atoms with Crippen LogP contribution in [-0.2, 0) is 14.8 Å². The van der Waals surface area contributed by atoms with Crippen molar-refractivity contribution in [2.24, 2.45) is 0 Å². The molecule has 1 atom stereocenters. The van der Waals surface area contributed by atoms with Crippen LogP contribution in [0.15, 0.2) is 46.9 Å². The summed E-state index contributed by atoms with van der Waals surface area (Å²) in [5.74, 6) is -0.790. The number of piperidine rings is 1. The Morgan fingerprint density at radius 2 is 1.86 bits per heavy atom.